The molecule has 7 heteroatoms. The third-order valence-electron chi connectivity index (χ3n) is 2.21. The zero-order valence-corrected chi connectivity index (χ0v) is 11.5. The Morgan fingerprint density at radius 1 is 0.882 bits per heavy atom. The predicted molar refractivity (Wildman–Crippen MR) is 61.7 cm³/mol. The van der Waals surface area contributed by atoms with E-state index in [0.29, 0.717) is 16.5 Å². The van der Waals surface area contributed by atoms with E-state index in [-0.39, 0.29) is 5.33 Å². The van der Waals surface area contributed by atoms with Crippen molar-refractivity contribution in [3.63, 3.8) is 0 Å². The highest BCUT2D eigenvalue weighted by Gasteiger charge is 2.58. The smallest absolute Gasteiger partial charge is 0.191 e. The molecule has 1 aromatic rings. The van der Waals surface area contributed by atoms with Gasteiger partial charge >= 0.3 is 12.1 Å². The molecule has 0 fully saturated rings. The van der Waals surface area contributed by atoms with Crippen molar-refractivity contribution in [2.24, 2.45) is 0 Å². The average Bonchev–Trinajstić information content (AvgIpc) is 2.26. The molecule has 0 unspecified atom stereocenters. The van der Waals surface area contributed by atoms with Gasteiger partial charge in [0.05, 0.1) is 0 Å². The van der Waals surface area contributed by atoms with Gasteiger partial charge in [0.25, 0.3) is 0 Å². The first-order chi connectivity index (χ1) is 7.74. The van der Waals surface area contributed by atoms with Gasteiger partial charge in [-0.15, -0.1) is 0 Å². The molecule has 0 aliphatic heterocycles. The first-order valence-corrected chi connectivity index (χ1v) is 6.67. The molecule has 0 N–H and O–H groups in total. The molecular weight excluding hydrogens is 375 g/mol. The molecule has 0 amide bonds. The molecule has 0 aromatic heterocycles. The summed E-state index contributed by atoms with van der Waals surface area (Å²) in [7, 11) is 0. The molecule has 0 saturated carbocycles. The number of rotatable bonds is 3. The maximum absolute atomic E-state index is 13.1. The molecule has 0 radical (unpaired) electrons. The number of alkyl halides is 7. The minimum Gasteiger partial charge on any atom is -0.191 e. The molecule has 1 aromatic carbocycles. The fourth-order valence-electron chi connectivity index (χ4n) is 1.24. The predicted octanol–water partition coefficient (Wildman–Crippen LogP) is 5.13. The number of halogens is 7. The van der Waals surface area contributed by atoms with E-state index in [9.17, 15) is 22.0 Å². The van der Waals surface area contributed by atoms with Gasteiger partial charge in [0, 0.05) is 16.2 Å². The van der Waals surface area contributed by atoms with E-state index < -0.39 is 17.7 Å². The summed E-state index contributed by atoms with van der Waals surface area (Å²) in [5.41, 5.74) is 0.0380. The van der Waals surface area contributed by atoms with Crippen molar-refractivity contribution >= 4 is 31.9 Å². The average molecular weight is 382 g/mol. The summed E-state index contributed by atoms with van der Waals surface area (Å²) < 4.78 is 62.6. The maximum Gasteiger partial charge on any atom is 0.458 e. The summed E-state index contributed by atoms with van der Waals surface area (Å²) in [6, 6.07) is 2.94. The molecule has 0 saturated heterocycles. The van der Waals surface area contributed by atoms with Crippen LogP contribution in [-0.4, -0.2) is 6.18 Å². The van der Waals surface area contributed by atoms with Crippen LogP contribution in [0.5, 0.6) is 0 Å². The first kappa shape index (κ1) is 14.9. The van der Waals surface area contributed by atoms with Crippen molar-refractivity contribution in [1.82, 2.24) is 0 Å². The Hall–Kier alpha value is -0.170. The highest BCUT2D eigenvalue weighted by molar-refractivity contribution is 9.09. The van der Waals surface area contributed by atoms with Gasteiger partial charge in [0.15, 0.2) is 0 Å². The minimum atomic E-state index is -5.58. The van der Waals surface area contributed by atoms with Gasteiger partial charge in [-0.25, -0.2) is 0 Å². The fourth-order valence-corrected chi connectivity index (χ4v) is 2.31. The van der Waals surface area contributed by atoms with Crippen LogP contribution in [0.2, 0.25) is 0 Å². The zero-order chi connectivity index (χ0) is 13.3. The van der Waals surface area contributed by atoms with Crippen molar-refractivity contribution in [2.45, 2.75) is 22.8 Å². The summed E-state index contributed by atoms with van der Waals surface area (Å²) in [5, 5.41) is 0.613. The molecule has 17 heavy (non-hydrogen) atoms. The number of hydrogen-bond donors (Lipinski definition) is 0. The highest BCUT2D eigenvalue weighted by atomic mass is 79.9. The lowest BCUT2D eigenvalue weighted by atomic mass is 10.0. The summed E-state index contributed by atoms with van der Waals surface area (Å²) in [6.45, 7) is 0. The largest absolute Gasteiger partial charge is 0.458 e. The van der Waals surface area contributed by atoms with Crippen molar-refractivity contribution in [3.05, 3.63) is 34.9 Å². The lowest BCUT2D eigenvalue weighted by Gasteiger charge is -2.21. The molecule has 0 nitrogen and oxygen atoms in total. The van der Waals surface area contributed by atoms with Gasteiger partial charge < -0.3 is 0 Å². The van der Waals surface area contributed by atoms with Crippen LogP contribution in [0.4, 0.5) is 22.0 Å². The second kappa shape index (κ2) is 5.22. The Kier molecular flexibility index (Phi) is 4.57. The topological polar surface area (TPSA) is 0 Å². The third-order valence-corrected chi connectivity index (χ3v) is 3.42. The van der Waals surface area contributed by atoms with Crippen molar-refractivity contribution in [3.8, 4) is 0 Å². The molecule has 0 bridgehead atoms. The Morgan fingerprint density at radius 2 is 1.41 bits per heavy atom. The highest BCUT2D eigenvalue weighted by Crippen LogP contribution is 2.44. The van der Waals surface area contributed by atoms with E-state index in [4.69, 9.17) is 0 Å². The molecule has 0 atom stereocenters. The molecule has 0 aliphatic rings. The Labute approximate surface area is 111 Å². The van der Waals surface area contributed by atoms with Gasteiger partial charge in [0.2, 0.25) is 0 Å². The second-order valence-corrected chi connectivity index (χ2v) is 4.44. The summed E-state index contributed by atoms with van der Waals surface area (Å²) in [5.74, 6) is -4.82. The lowest BCUT2D eigenvalue weighted by Crippen LogP contribution is -2.33. The lowest BCUT2D eigenvalue weighted by molar-refractivity contribution is -0.289. The van der Waals surface area contributed by atoms with Gasteiger partial charge in [-0.2, -0.15) is 22.0 Å². The van der Waals surface area contributed by atoms with E-state index in [1.165, 1.54) is 6.07 Å². The van der Waals surface area contributed by atoms with Crippen LogP contribution in [0.25, 0.3) is 0 Å². The molecule has 0 spiro atoms. The van der Waals surface area contributed by atoms with Crippen LogP contribution < -0.4 is 0 Å². The molecule has 0 aliphatic carbocycles. The van der Waals surface area contributed by atoms with Crippen LogP contribution in [-0.2, 0) is 16.6 Å². The normalized spacial score (nSPS) is 12.9. The van der Waals surface area contributed by atoms with Crippen LogP contribution in [0.3, 0.4) is 0 Å². The van der Waals surface area contributed by atoms with Crippen LogP contribution in [0, 0.1) is 0 Å². The Bertz CT molecular complexity index is 400. The quantitative estimate of drug-likeness (QED) is 0.503. The summed E-state index contributed by atoms with van der Waals surface area (Å²) in [4.78, 5) is 0. The van der Waals surface area contributed by atoms with Gasteiger partial charge in [-0.05, 0) is 17.2 Å². The molecule has 0 heterocycles. The van der Waals surface area contributed by atoms with E-state index in [1.54, 1.807) is 0 Å². The monoisotopic (exact) mass is 380 g/mol. The van der Waals surface area contributed by atoms with Gasteiger partial charge in [-0.3, -0.25) is 0 Å². The SMILES string of the molecule is FC(F)(F)C(F)(F)c1ccc(CBr)c(CBr)c1. The van der Waals surface area contributed by atoms with Crippen LogP contribution in [0.15, 0.2) is 18.2 Å². The standard InChI is InChI=1S/C10H7Br2F5/c11-4-6-1-2-8(3-7(6)5-12)9(13,14)10(15,16)17/h1-3H,4-5H2. The number of benzene rings is 1. The third kappa shape index (κ3) is 2.99. The van der Waals surface area contributed by atoms with E-state index >= 15 is 0 Å². The van der Waals surface area contributed by atoms with Gasteiger partial charge in [0.1, 0.15) is 0 Å². The van der Waals surface area contributed by atoms with E-state index in [0.717, 1.165) is 12.1 Å². The van der Waals surface area contributed by atoms with Crippen molar-refractivity contribution < 1.29 is 22.0 Å². The molecular formula is C10H7Br2F5. The van der Waals surface area contributed by atoms with E-state index in [1.807, 2.05) is 0 Å². The van der Waals surface area contributed by atoms with Crippen LogP contribution in [0.1, 0.15) is 16.7 Å². The summed E-state index contributed by atoms with van der Waals surface area (Å²) >= 11 is 6.19. The minimum absolute atomic E-state index is 0.218. The summed E-state index contributed by atoms with van der Waals surface area (Å²) in [6.07, 6.45) is -5.58. The molecule has 96 valence electrons. The van der Waals surface area contributed by atoms with Gasteiger partial charge in [-0.1, -0.05) is 44.0 Å². The Balaban J connectivity index is 3.25. The fraction of sp³-hybridized carbons (Fsp3) is 0.400. The van der Waals surface area contributed by atoms with Crippen LogP contribution >= 0.6 is 31.9 Å². The first-order valence-electron chi connectivity index (χ1n) is 4.42. The molecule has 1 rings (SSSR count). The Morgan fingerprint density at radius 3 is 1.82 bits per heavy atom. The zero-order valence-electron chi connectivity index (χ0n) is 8.29. The van der Waals surface area contributed by atoms with Crippen molar-refractivity contribution in [2.75, 3.05) is 0 Å². The van der Waals surface area contributed by atoms with Crippen molar-refractivity contribution in [1.29, 1.82) is 0 Å². The second-order valence-electron chi connectivity index (χ2n) is 3.32. The number of hydrogen-bond acceptors (Lipinski definition) is 0. The van der Waals surface area contributed by atoms with E-state index in [2.05, 4.69) is 31.9 Å². The maximum atomic E-state index is 13.1.